The minimum atomic E-state index is -1.75. The van der Waals surface area contributed by atoms with Crippen molar-refractivity contribution in [2.24, 2.45) is 22.9 Å². The Morgan fingerprint density at radius 2 is 1.28 bits per heavy atom. The summed E-state index contributed by atoms with van der Waals surface area (Å²) in [5.74, 6) is -4.75. The van der Waals surface area contributed by atoms with Gasteiger partial charge in [0.1, 0.15) is 30.4 Å². The molecule has 2 unspecified atom stereocenters. The second-order valence-corrected chi connectivity index (χ2v) is 14.4. The molecule has 1 saturated heterocycles. The summed E-state index contributed by atoms with van der Waals surface area (Å²) in [6, 6.07) is 19.2. The molecule has 1 heterocycles. The van der Waals surface area contributed by atoms with E-state index in [1.54, 1.807) is 36.4 Å². The number of Topliss-reactive ketones (excluding diaryl/α,β-unsaturated/α-hetero) is 1. The van der Waals surface area contributed by atoms with Gasteiger partial charge in [0.15, 0.2) is 6.17 Å². The molecule has 0 aliphatic carbocycles. The molecule has 17 nitrogen and oxygen atoms in total. The molecule has 1 aliphatic heterocycles. The van der Waals surface area contributed by atoms with Gasteiger partial charge in [0.05, 0.1) is 12.2 Å². The Morgan fingerprint density at radius 3 is 1.88 bits per heavy atom. The number of carbonyl (C=O) groups is 6. The molecule has 0 spiro atoms. The molecule has 4 rings (SSSR count). The van der Waals surface area contributed by atoms with Crippen LogP contribution in [0.5, 0.6) is 0 Å². The van der Waals surface area contributed by atoms with Crippen molar-refractivity contribution in [2.45, 2.75) is 87.8 Å². The number of hydrogen-bond donors (Lipinski definition) is 10. The minimum absolute atomic E-state index is 0.00726. The highest BCUT2D eigenvalue weighted by Gasteiger charge is 2.47. The van der Waals surface area contributed by atoms with Gasteiger partial charge in [-0.3, -0.25) is 28.8 Å². The van der Waals surface area contributed by atoms with Crippen LogP contribution in [0.3, 0.4) is 0 Å². The molecule has 3 aromatic rings. The summed E-state index contributed by atoms with van der Waals surface area (Å²) in [5, 5.41) is 23.1. The summed E-state index contributed by atoms with van der Waals surface area (Å²) in [6.07, 6.45) is -4.34. The normalized spacial score (nSPS) is 17.6. The summed E-state index contributed by atoms with van der Waals surface area (Å²) in [5.41, 5.74) is 26.3. The highest BCUT2D eigenvalue weighted by molar-refractivity contribution is 6.30. The van der Waals surface area contributed by atoms with Crippen LogP contribution in [0.15, 0.2) is 78.9 Å². The number of aliphatic hydroxyl groups excluding tert-OH is 1. The monoisotopic (exact) mass is 821 g/mol. The third-order valence-corrected chi connectivity index (χ3v) is 9.62. The van der Waals surface area contributed by atoms with Crippen LogP contribution in [0.2, 0.25) is 5.02 Å². The maximum absolute atomic E-state index is 13.3. The van der Waals surface area contributed by atoms with E-state index in [0.717, 1.165) is 16.7 Å². The highest BCUT2D eigenvalue weighted by atomic mass is 35.5. The van der Waals surface area contributed by atoms with Crippen molar-refractivity contribution in [3.8, 4) is 11.1 Å². The van der Waals surface area contributed by atoms with Crippen molar-refractivity contribution in [3.63, 3.8) is 0 Å². The summed E-state index contributed by atoms with van der Waals surface area (Å²) in [4.78, 5) is 79.1. The van der Waals surface area contributed by atoms with Gasteiger partial charge in [0, 0.05) is 17.0 Å². The molecule has 0 aromatic heterocycles. The Morgan fingerprint density at radius 1 is 0.690 bits per heavy atom. The van der Waals surface area contributed by atoms with Gasteiger partial charge in [-0.05, 0) is 86.7 Å². The zero-order chi connectivity index (χ0) is 42.4. The molecule has 8 atom stereocenters. The summed E-state index contributed by atoms with van der Waals surface area (Å²) in [7, 11) is 0. The van der Waals surface area contributed by atoms with Crippen molar-refractivity contribution in [1.82, 2.24) is 26.6 Å². The number of rotatable bonds is 22. The molecule has 1 aliphatic rings. The number of ketones is 1. The standard InChI is InChI=1S/C40H52ClN9O8/c1-22(51)31(48-37(54)29(18-20-43)46-36(53)26-12-10-24(11-13-26)25-14-16-27(41)17-15-25)39(56)50-35(45)40(57)47-28(9-5-6-19-42)38(55)49-34(44)32(52)33-30(58-33)21-23-7-3-2-4-8-23/h2-4,7-8,10-17,22,28-31,33-35,51H,5-6,9,18-21,42-45H2,1H3,(H,46,53)(H,47,57)(H,48,54)(H,49,55)(H,50,56)/t22-,28+,29+,30?,31+,33?,34-,35-/m1/s1. The highest BCUT2D eigenvalue weighted by Crippen LogP contribution is 2.27. The van der Waals surface area contributed by atoms with Crippen molar-refractivity contribution in [2.75, 3.05) is 13.1 Å². The van der Waals surface area contributed by atoms with Gasteiger partial charge in [0.25, 0.3) is 11.8 Å². The number of nitrogens with one attached hydrogen (secondary N) is 5. The van der Waals surface area contributed by atoms with Crippen LogP contribution in [-0.4, -0.2) is 102 Å². The molecule has 312 valence electrons. The van der Waals surface area contributed by atoms with E-state index in [1.165, 1.54) is 6.92 Å². The second-order valence-electron chi connectivity index (χ2n) is 13.9. The average molecular weight is 822 g/mol. The van der Waals surface area contributed by atoms with Gasteiger partial charge < -0.3 is 59.4 Å². The van der Waals surface area contributed by atoms with E-state index >= 15 is 0 Å². The smallest absolute Gasteiger partial charge is 0.258 e. The van der Waals surface area contributed by atoms with Crippen molar-refractivity contribution < 1.29 is 38.6 Å². The lowest BCUT2D eigenvalue weighted by Crippen LogP contribution is -2.63. The largest absolute Gasteiger partial charge is 0.391 e. The van der Waals surface area contributed by atoms with E-state index in [9.17, 15) is 33.9 Å². The van der Waals surface area contributed by atoms with Crippen molar-refractivity contribution in [3.05, 3.63) is 95.0 Å². The molecule has 14 N–H and O–H groups in total. The van der Waals surface area contributed by atoms with Gasteiger partial charge in [0.2, 0.25) is 23.5 Å². The number of hydrogen-bond acceptors (Lipinski definition) is 12. The summed E-state index contributed by atoms with van der Waals surface area (Å²) < 4.78 is 5.51. The lowest BCUT2D eigenvalue weighted by molar-refractivity contribution is -0.136. The maximum Gasteiger partial charge on any atom is 0.258 e. The van der Waals surface area contributed by atoms with E-state index in [2.05, 4.69) is 26.6 Å². The predicted molar refractivity (Wildman–Crippen MR) is 216 cm³/mol. The lowest BCUT2D eigenvalue weighted by atomic mass is 10.0. The maximum atomic E-state index is 13.3. The molecule has 0 saturated carbocycles. The Bertz CT molecular complexity index is 1870. The van der Waals surface area contributed by atoms with Gasteiger partial charge in [-0.15, -0.1) is 0 Å². The quantitative estimate of drug-likeness (QED) is 0.0343. The first kappa shape index (κ1) is 45.4. The molecule has 0 bridgehead atoms. The number of aliphatic hydroxyl groups is 1. The predicted octanol–water partition coefficient (Wildman–Crippen LogP) is -0.685. The first-order chi connectivity index (χ1) is 27.7. The van der Waals surface area contributed by atoms with Crippen molar-refractivity contribution >= 4 is 46.9 Å². The fourth-order valence-corrected chi connectivity index (χ4v) is 6.15. The number of ether oxygens (including phenoxy) is 1. The lowest BCUT2D eigenvalue weighted by Gasteiger charge is -2.26. The number of amides is 5. The van der Waals surface area contributed by atoms with E-state index in [1.807, 2.05) is 42.5 Å². The van der Waals surface area contributed by atoms with Crippen LogP contribution in [-0.2, 0) is 35.1 Å². The van der Waals surface area contributed by atoms with Gasteiger partial charge in [-0.25, -0.2) is 0 Å². The Balaban J connectivity index is 1.32. The number of unbranched alkanes of at least 4 members (excludes halogenated alkanes) is 1. The van der Waals surface area contributed by atoms with Crippen molar-refractivity contribution in [1.29, 1.82) is 0 Å². The molecule has 0 radical (unpaired) electrons. The second kappa shape index (κ2) is 22.0. The van der Waals surface area contributed by atoms with Crippen LogP contribution in [0, 0.1) is 0 Å². The van der Waals surface area contributed by atoms with E-state index in [4.69, 9.17) is 39.3 Å². The zero-order valence-corrected chi connectivity index (χ0v) is 32.8. The number of nitrogens with two attached hydrogens (primary N) is 4. The Kier molecular flexibility index (Phi) is 17.3. The van der Waals surface area contributed by atoms with Gasteiger partial charge in [-0.2, -0.15) is 0 Å². The van der Waals surface area contributed by atoms with Crippen LogP contribution in [0.25, 0.3) is 11.1 Å². The van der Waals surface area contributed by atoms with E-state index < -0.39 is 78.0 Å². The van der Waals surface area contributed by atoms with E-state index in [-0.39, 0.29) is 31.1 Å². The summed E-state index contributed by atoms with van der Waals surface area (Å²) >= 11 is 5.97. The molecule has 1 fully saturated rings. The third kappa shape index (κ3) is 13.4. The number of benzene rings is 3. The molecule has 58 heavy (non-hydrogen) atoms. The fraction of sp³-hybridized carbons (Fsp3) is 0.400. The molecular formula is C40H52ClN9O8. The third-order valence-electron chi connectivity index (χ3n) is 9.37. The molecule has 3 aromatic carbocycles. The van der Waals surface area contributed by atoms with E-state index in [0.29, 0.717) is 30.8 Å². The fourth-order valence-electron chi connectivity index (χ4n) is 6.02. The first-order valence-electron chi connectivity index (χ1n) is 18.9. The molecular weight excluding hydrogens is 770 g/mol. The van der Waals surface area contributed by atoms with Crippen LogP contribution in [0.4, 0.5) is 0 Å². The number of epoxide rings is 1. The average Bonchev–Trinajstić information content (AvgIpc) is 3.98. The molecule has 18 heteroatoms. The molecule has 5 amide bonds. The summed E-state index contributed by atoms with van der Waals surface area (Å²) in [6.45, 7) is 1.54. The Hall–Kier alpha value is -5.27. The number of carbonyl (C=O) groups excluding carboxylic acids is 6. The van der Waals surface area contributed by atoms with Crippen LogP contribution < -0.4 is 49.5 Å². The van der Waals surface area contributed by atoms with Crippen LogP contribution >= 0.6 is 11.6 Å². The topological polar surface area (TPSA) is 299 Å². The minimum Gasteiger partial charge on any atom is -0.391 e. The first-order valence-corrected chi connectivity index (χ1v) is 19.3. The number of halogens is 1. The van der Waals surface area contributed by atoms with Crippen LogP contribution in [0.1, 0.15) is 48.5 Å². The zero-order valence-electron chi connectivity index (χ0n) is 32.1. The Labute approximate surface area is 341 Å². The SMILES string of the molecule is C[C@@H](O)[C@H](NC(=O)[C@H](CCN)NC(=O)c1ccc(-c2ccc(Cl)cc2)cc1)C(=O)N[C@@H](N)C(=O)N[C@@H](CCCCN)C(=O)N[C@@H](N)C(=O)C1OC1Cc1ccccc1. The van der Waals surface area contributed by atoms with Gasteiger partial charge in [-0.1, -0.05) is 66.2 Å². The van der Waals surface area contributed by atoms with Gasteiger partial charge >= 0.3 is 0 Å².